The van der Waals surface area contributed by atoms with Gasteiger partial charge in [0.1, 0.15) is 6.04 Å². The molecule has 1 fully saturated rings. The van der Waals surface area contributed by atoms with E-state index in [4.69, 9.17) is 5.11 Å². The van der Waals surface area contributed by atoms with Gasteiger partial charge >= 0.3 is 12.0 Å². The Bertz CT molecular complexity index is 305. The first-order valence-corrected chi connectivity index (χ1v) is 6.68. The molecule has 1 rings (SSSR count). The van der Waals surface area contributed by atoms with Crippen molar-refractivity contribution in [1.82, 2.24) is 10.2 Å². The number of urea groups is 1. The molecule has 2 N–H and O–H groups in total. The molecule has 104 valence electrons. The number of carbonyl (C=O) groups is 2. The number of piperidine rings is 1. The number of carbonyl (C=O) groups excluding carboxylic acids is 1. The molecule has 0 bridgehead atoms. The number of hydrogen-bond acceptors (Lipinski definition) is 2. The lowest BCUT2D eigenvalue weighted by Crippen LogP contribution is -2.50. The standard InChI is InChI=1S/C13H24N2O3/c1-9(2)7-11(12(16)17)14-13(18)15-6-4-5-10(3)8-15/h9-11H,4-8H2,1-3H3,(H,14,18)(H,16,17). The van der Waals surface area contributed by atoms with Crippen LogP contribution in [-0.4, -0.2) is 41.1 Å². The van der Waals surface area contributed by atoms with Crippen LogP contribution in [0.3, 0.4) is 0 Å². The molecule has 0 radical (unpaired) electrons. The van der Waals surface area contributed by atoms with Crippen LogP contribution in [0.15, 0.2) is 0 Å². The van der Waals surface area contributed by atoms with Crippen LogP contribution >= 0.6 is 0 Å². The van der Waals surface area contributed by atoms with E-state index in [0.717, 1.165) is 25.9 Å². The van der Waals surface area contributed by atoms with Crippen LogP contribution in [0.2, 0.25) is 0 Å². The molecule has 1 aliphatic heterocycles. The van der Waals surface area contributed by atoms with Gasteiger partial charge in [-0.25, -0.2) is 9.59 Å². The van der Waals surface area contributed by atoms with Crippen molar-refractivity contribution >= 4 is 12.0 Å². The van der Waals surface area contributed by atoms with Crippen molar-refractivity contribution in [3.63, 3.8) is 0 Å². The maximum absolute atomic E-state index is 12.0. The Kier molecular flexibility index (Phi) is 5.44. The Balaban J connectivity index is 2.52. The van der Waals surface area contributed by atoms with Crippen LogP contribution in [0.5, 0.6) is 0 Å². The molecule has 1 aliphatic rings. The summed E-state index contributed by atoms with van der Waals surface area (Å²) in [6.07, 6.45) is 2.60. The lowest BCUT2D eigenvalue weighted by atomic mass is 10.0. The van der Waals surface area contributed by atoms with Crippen molar-refractivity contribution in [1.29, 1.82) is 0 Å². The first-order valence-electron chi connectivity index (χ1n) is 6.68. The molecule has 0 aliphatic carbocycles. The van der Waals surface area contributed by atoms with Crippen LogP contribution in [0.1, 0.15) is 40.0 Å². The fraction of sp³-hybridized carbons (Fsp3) is 0.846. The average Bonchev–Trinajstić information content (AvgIpc) is 2.27. The molecule has 2 atom stereocenters. The fourth-order valence-electron chi connectivity index (χ4n) is 2.31. The molecule has 0 saturated carbocycles. The highest BCUT2D eigenvalue weighted by Gasteiger charge is 2.26. The number of nitrogens with one attached hydrogen (secondary N) is 1. The molecule has 1 saturated heterocycles. The number of amides is 2. The van der Waals surface area contributed by atoms with Crippen molar-refractivity contribution in [3.8, 4) is 0 Å². The Hall–Kier alpha value is -1.26. The predicted molar refractivity (Wildman–Crippen MR) is 69.4 cm³/mol. The van der Waals surface area contributed by atoms with E-state index < -0.39 is 12.0 Å². The zero-order chi connectivity index (χ0) is 13.7. The van der Waals surface area contributed by atoms with Crippen molar-refractivity contribution < 1.29 is 14.7 Å². The van der Waals surface area contributed by atoms with Gasteiger partial charge in [0.05, 0.1) is 0 Å². The molecule has 2 amide bonds. The molecular formula is C13H24N2O3. The minimum atomic E-state index is -0.956. The van der Waals surface area contributed by atoms with Gasteiger partial charge in [-0.3, -0.25) is 0 Å². The molecule has 5 nitrogen and oxygen atoms in total. The maximum Gasteiger partial charge on any atom is 0.326 e. The lowest BCUT2D eigenvalue weighted by Gasteiger charge is -2.32. The summed E-state index contributed by atoms with van der Waals surface area (Å²) < 4.78 is 0. The zero-order valence-electron chi connectivity index (χ0n) is 11.5. The second kappa shape index (κ2) is 6.61. The highest BCUT2D eigenvalue weighted by molar-refractivity contribution is 5.82. The molecule has 0 aromatic rings. The van der Waals surface area contributed by atoms with Gasteiger partial charge in [-0.1, -0.05) is 20.8 Å². The maximum atomic E-state index is 12.0. The number of rotatable bonds is 4. The summed E-state index contributed by atoms with van der Waals surface area (Å²) in [5, 5.41) is 11.7. The van der Waals surface area contributed by atoms with Crippen LogP contribution in [0, 0.1) is 11.8 Å². The number of carboxylic acids is 1. The van der Waals surface area contributed by atoms with E-state index in [1.165, 1.54) is 0 Å². The van der Waals surface area contributed by atoms with Gasteiger partial charge in [0.15, 0.2) is 0 Å². The van der Waals surface area contributed by atoms with Crippen LogP contribution < -0.4 is 5.32 Å². The smallest absolute Gasteiger partial charge is 0.326 e. The Labute approximate surface area is 109 Å². The van der Waals surface area contributed by atoms with E-state index in [-0.39, 0.29) is 11.9 Å². The number of hydrogen-bond donors (Lipinski definition) is 2. The molecule has 5 heteroatoms. The van der Waals surface area contributed by atoms with Crippen LogP contribution in [0.4, 0.5) is 4.79 Å². The number of likely N-dealkylation sites (tertiary alicyclic amines) is 1. The highest BCUT2D eigenvalue weighted by atomic mass is 16.4. The minimum absolute atomic E-state index is 0.241. The summed E-state index contributed by atoms with van der Waals surface area (Å²) in [6.45, 7) is 7.46. The van der Waals surface area contributed by atoms with Crippen molar-refractivity contribution in [2.75, 3.05) is 13.1 Å². The fourth-order valence-corrected chi connectivity index (χ4v) is 2.31. The van der Waals surface area contributed by atoms with E-state index in [1.807, 2.05) is 13.8 Å². The quantitative estimate of drug-likeness (QED) is 0.807. The summed E-state index contributed by atoms with van der Waals surface area (Å²) in [6, 6.07) is -1.02. The second-order valence-electron chi connectivity index (χ2n) is 5.66. The molecule has 1 heterocycles. The summed E-state index contributed by atoms with van der Waals surface area (Å²) in [5.41, 5.74) is 0. The average molecular weight is 256 g/mol. The van der Waals surface area contributed by atoms with Gasteiger partial charge in [-0.05, 0) is 31.1 Å². The van der Waals surface area contributed by atoms with Gasteiger partial charge in [-0.15, -0.1) is 0 Å². The Morgan fingerprint density at radius 1 is 1.44 bits per heavy atom. The van der Waals surface area contributed by atoms with E-state index in [1.54, 1.807) is 4.90 Å². The third kappa shape index (κ3) is 4.55. The van der Waals surface area contributed by atoms with Gasteiger partial charge in [0.25, 0.3) is 0 Å². The molecular weight excluding hydrogens is 232 g/mol. The monoisotopic (exact) mass is 256 g/mol. The molecule has 18 heavy (non-hydrogen) atoms. The van der Waals surface area contributed by atoms with Crippen LogP contribution in [-0.2, 0) is 4.79 Å². The minimum Gasteiger partial charge on any atom is -0.480 e. The summed E-state index contributed by atoms with van der Waals surface area (Å²) in [7, 11) is 0. The van der Waals surface area contributed by atoms with E-state index in [0.29, 0.717) is 12.3 Å². The van der Waals surface area contributed by atoms with E-state index in [2.05, 4.69) is 12.2 Å². The first kappa shape index (κ1) is 14.8. The zero-order valence-corrected chi connectivity index (χ0v) is 11.5. The largest absolute Gasteiger partial charge is 0.480 e. The normalized spacial score (nSPS) is 21.8. The summed E-state index contributed by atoms with van der Waals surface area (Å²) >= 11 is 0. The van der Waals surface area contributed by atoms with Crippen molar-refractivity contribution in [2.45, 2.75) is 46.1 Å². The Morgan fingerprint density at radius 3 is 2.61 bits per heavy atom. The Morgan fingerprint density at radius 2 is 2.11 bits per heavy atom. The van der Waals surface area contributed by atoms with Crippen LogP contribution in [0.25, 0.3) is 0 Å². The van der Waals surface area contributed by atoms with Gasteiger partial charge in [0.2, 0.25) is 0 Å². The molecule has 2 unspecified atom stereocenters. The predicted octanol–water partition coefficient (Wildman–Crippen LogP) is 1.93. The molecule has 0 spiro atoms. The molecule has 0 aromatic carbocycles. The van der Waals surface area contributed by atoms with Gasteiger partial charge < -0.3 is 15.3 Å². The summed E-state index contributed by atoms with van der Waals surface area (Å²) in [5.74, 6) is -0.216. The summed E-state index contributed by atoms with van der Waals surface area (Å²) in [4.78, 5) is 24.8. The second-order valence-corrected chi connectivity index (χ2v) is 5.66. The number of nitrogens with zero attached hydrogens (tertiary/aromatic N) is 1. The third-order valence-electron chi connectivity index (χ3n) is 3.25. The number of aliphatic carboxylic acids is 1. The SMILES string of the molecule is CC(C)CC(NC(=O)N1CCCC(C)C1)C(=O)O. The number of carboxylic acid groups (broad SMARTS) is 1. The van der Waals surface area contributed by atoms with Gasteiger partial charge in [-0.2, -0.15) is 0 Å². The van der Waals surface area contributed by atoms with E-state index in [9.17, 15) is 9.59 Å². The van der Waals surface area contributed by atoms with Crippen molar-refractivity contribution in [2.24, 2.45) is 11.8 Å². The lowest BCUT2D eigenvalue weighted by molar-refractivity contribution is -0.139. The van der Waals surface area contributed by atoms with E-state index >= 15 is 0 Å². The first-order chi connectivity index (χ1) is 8.40. The topological polar surface area (TPSA) is 69.6 Å². The van der Waals surface area contributed by atoms with Gasteiger partial charge in [0, 0.05) is 13.1 Å². The molecule has 0 aromatic heterocycles. The highest BCUT2D eigenvalue weighted by Crippen LogP contribution is 2.15. The third-order valence-corrected chi connectivity index (χ3v) is 3.25. The van der Waals surface area contributed by atoms with Crippen molar-refractivity contribution in [3.05, 3.63) is 0 Å².